The zero-order valence-electron chi connectivity index (χ0n) is 13.0. The summed E-state index contributed by atoms with van der Waals surface area (Å²) >= 11 is 0. The predicted octanol–water partition coefficient (Wildman–Crippen LogP) is 3.51. The van der Waals surface area contributed by atoms with Crippen molar-refractivity contribution in [2.24, 2.45) is 0 Å². The summed E-state index contributed by atoms with van der Waals surface area (Å²) in [6.07, 6.45) is 4.17. The van der Waals surface area contributed by atoms with E-state index in [9.17, 15) is 4.39 Å². The van der Waals surface area contributed by atoms with Crippen molar-refractivity contribution in [3.05, 3.63) is 36.3 Å². The van der Waals surface area contributed by atoms with E-state index in [-0.39, 0.29) is 11.4 Å². The number of nitrogens with one attached hydrogen (secondary N) is 1. The van der Waals surface area contributed by atoms with Crippen LogP contribution < -0.4 is 10.2 Å². The molecule has 0 atom stereocenters. The molecule has 0 bridgehead atoms. The van der Waals surface area contributed by atoms with Gasteiger partial charge in [-0.3, -0.25) is 0 Å². The van der Waals surface area contributed by atoms with Gasteiger partial charge in [-0.15, -0.1) is 6.58 Å². The van der Waals surface area contributed by atoms with Crippen molar-refractivity contribution >= 4 is 5.82 Å². The highest BCUT2D eigenvalue weighted by molar-refractivity contribution is 5.49. The molecule has 0 fully saturated rings. The van der Waals surface area contributed by atoms with Crippen molar-refractivity contribution in [1.29, 1.82) is 0 Å². The average molecular weight is 279 g/mol. The van der Waals surface area contributed by atoms with Gasteiger partial charge in [0.25, 0.3) is 0 Å². The Kier molecular flexibility index (Phi) is 6.14. The van der Waals surface area contributed by atoms with Gasteiger partial charge in [0, 0.05) is 24.2 Å². The molecule has 0 aliphatic rings. The summed E-state index contributed by atoms with van der Waals surface area (Å²) in [4.78, 5) is 6.45. The summed E-state index contributed by atoms with van der Waals surface area (Å²) in [6, 6.07) is 1.56. The number of hydrogen-bond donors (Lipinski definition) is 1. The number of halogens is 1. The number of pyridine rings is 1. The van der Waals surface area contributed by atoms with E-state index in [1.807, 2.05) is 6.08 Å². The van der Waals surface area contributed by atoms with Gasteiger partial charge >= 0.3 is 0 Å². The van der Waals surface area contributed by atoms with E-state index in [0.29, 0.717) is 13.1 Å². The van der Waals surface area contributed by atoms with Crippen molar-refractivity contribution in [3.8, 4) is 0 Å². The number of anilines is 1. The van der Waals surface area contributed by atoms with Gasteiger partial charge in [0.15, 0.2) is 0 Å². The van der Waals surface area contributed by atoms with Crippen LogP contribution in [-0.4, -0.2) is 23.6 Å². The fourth-order valence-corrected chi connectivity index (χ4v) is 2.05. The van der Waals surface area contributed by atoms with Gasteiger partial charge in [-0.1, -0.05) is 13.0 Å². The minimum absolute atomic E-state index is 0.0987. The summed E-state index contributed by atoms with van der Waals surface area (Å²) in [5.74, 6) is 0.525. The molecule has 0 amide bonds. The van der Waals surface area contributed by atoms with Crippen molar-refractivity contribution in [1.82, 2.24) is 10.3 Å². The molecule has 1 N–H and O–H groups in total. The summed E-state index contributed by atoms with van der Waals surface area (Å²) in [6.45, 7) is 14.5. The molecule has 20 heavy (non-hydrogen) atoms. The summed E-state index contributed by atoms with van der Waals surface area (Å²) in [7, 11) is 0. The molecule has 0 aliphatic heterocycles. The lowest BCUT2D eigenvalue weighted by atomic mass is 10.0. The molecule has 1 rings (SSSR count). The van der Waals surface area contributed by atoms with Crippen LogP contribution in [0.25, 0.3) is 0 Å². The van der Waals surface area contributed by atoms with Crippen LogP contribution in [0, 0.1) is 5.82 Å². The monoisotopic (exact) mass is 279 g/mol. The van der Waals surface area contributed by atoms with Gasteiger partial charge in [0.1, 0.15) is 11.6 Å². The summed E-state index contributed by atoms with van der Waals surface area (Å²) in [5.41, 5.74) is 0.786. The first-order chi connectivity index (χ1) is 9.40. The Morgan fingerprint density at radius 2 is 2.15 bits per heavy atom. The Balaban J connectivity index is 3.09. The molecule has 1 aromatic rings. The second-order valence-electron chi connectivity index (χ2n) is 5.88. The number of hydrogen-bond acceptors (Lipinski definition) is 3. The molecule has 0 unspecified atom stereocenters. The van der Waals surface area contributed by atoms with Crippen LogP contribution in [0.5, 0.6) is 0 Å². The Morgan fingerprint density at radius 3 is 2.70 bits per heavy atom. The van der Waals surface area contributed by atoms with Crippen LogP contribution in [0.2, 0.25) is 0 Å². The molecule has 0 saturated heterocycles. The van der Waals surface area contributed by atoms with Gasteiger partial charge in [-0.25, -0.2) is 9.37 Å². The minimum Gasteiger partial charge on any atom is -0.348 e. The molecule has 1 aromatic heterocycles. The van der Waals surface area contributed by atoms with Gasteiger partial charge < -0.3 is 10.2 Å². The van der Waals surface area contributed by atoms with Gasteiger partial charge in [-0.05, 0) is 39.8 Å². The molecule has 4 heteroatoms. The van der Waals surface area contributed by atoms with Crippen LogP contribution in [0.4, 0.5) is 10.2 Å². The molecule has 3 nitrogen and oxygen atoms in total. The lowest BCUT2D eigenvalue weighted by molar-refractivity contribution is 0.511. The van der Waals surface area contributed by atoms with Crippen molar-refractivity contribution in [2.45, 2.75) is 46.2 Å². The average Bonchev–Trinajstić information content (AvgIpc) is 2.36. The fraction of sp³-hybridized carbons (Fsp3) is 0.562. The second kappa shape index (κ2) is 7.39. The Morgan fingerprint density at radius 1 is 1.45 bits per heavy atom. The molecule has 0 spiro atoms. The standard InChI is InChI=1S/C16H26FN3/c1-6-8-18-11-13-10-14(17)12-19-15(13)20(9-7-2)16(3,4)5/h7,10,12,18H,2,6,8-9,11H2,1,3-5H3. The highest BCUT2D eigenvalue weighted by Crippen LogP contribution is 2.25. The highest BCUT2D eigenvalue weighted by Gasteiger charge is 2.24. The van der Waals surface area contributed by atoms with Crippen LogP contribution in [0.3, 0.4) is 0 Å². The van der Waals surface area contributed by atoms with E-state index in [0.717, 1.165) is 24.3 Å². The summed E-state index contributed by atoms with van der Waals surface area (Å²) < 4.78 is 13.5. The molecule has 1 heterocycles. The van der Waals surface area contributed by atoms with Crippen molar-refractivity contribution in [2.75, 3.05) is 18.0 Å². The smallest absolute Gasteiger partial charge is 0.141 e. The van der Waals surface area contributed by atoms with E-state index in [1.165, 1.54) is 6.20 Å². The first kappa shape index (κ1) is 16.6. The third-order valence-corrected chi connectivity index (χ3v) is 3.03. The van der Waals surface area contributed by atoms with Gasteiger partial charge in [0.05, 0.1) is 6.20 Å². The summed E-state index contributed by atoms with van der Waals surface area (Å²) in [5, 5.41) is 3.31. The maximum absolute atomic E-state index is 13.5. The maximum Gasteiger partial charge on any atom is 0.141 e. The second-order valence-corrected chi connectivity index (χ2v) is 5.88. The molecular formula is C16H26FN3. The van der Waals surface area contributed by atoms with Crippen LogP contribution in [0.1, 0.15) is 39.7 Å². The molecule has 0 saturated carbocycles. The third-order valence-electron chi connectivity index (χ3n) is 3.03. The number of nitrogens with zero attached hydrogens (tertiary/aromatic N) is 2. The molecule has 112 valence electrons. The molecule has 0 radical (unpaired) electrons. The lowest BCUT2D eigenvalue weighted by Gasteiger charge is -2.37. The Hall–Kier alpha value is -1.42. The van der Waals surface area contributed by atoms with Crippen molar-refractivity contribution < 1.29 is 4.39 Å². The predicted molar refractivity (Wildman–Crippen MR) is 83.5 cm³/mol. The first-order valence-electron chi connectivity index (χ1n) is 7.13. The SMILES string of the molecule is C=CCN(c1ncc(F)cc1CNCCC)C(C)(C)C. The fourth-order valence-electron chi connectivity index (χ4n) is 2.05. The Bertz CT molecular complexity index is 438. The third kappa shape index (κ3) is 4.60. The zero-order chi connectivity index (χ0) is 15.2. The first-order valence-corrected chi connectivity index (χ1v) is 7.13. The quantitative estimate of drug-likeness (QED) is 0.611. The molecule has 0 aliphatic carbocycles. The van der Waals surface area contributed by atoms with Crippen LogP contribution >= 0.6 is 0 Å². The van der Waals surface area contributed by atoms with E-state index < -0.39 is 0 Å². The molecular weight excluding hydrogens is 253 g/mol. The van der Waals surface area contributed by atoms with E-state index in [1.54, 1.807) is 6.07 Å². The van der Waals surface area contributed by atoms with E-state index >= 15 is 0 Å². The number of aromatic nitrogens is 1. The van der Waals surface area contributed by atoms with E-state index in [4.69, 9.17) is 0 Å². The van der Waals surface area contributed by atoms with Crippen LogP contribution in [0.15, 0.2) is 24.9 Å². The van der Waals surface area contributed by atoms with Crippen molar-refractivity contribution in [3.63, 3.8) is 0 Å². The van der Waals surface area contributed by atoms with Gasteiger partial charge in [-0.2, -0.15) is 0 Å². The number of rotatable bonds is 7. The minimum atomic E-state index is -0.297. The van der Waals surface area contributed by atoms with E-state index in [2.05, 4.69) is 49.5 Å². The zero-order valence-corrected chi connectivity index (χ0v) is 13.0. The maximum atomic E-state index is 13.5. The highest BCUT2D eigenvalue weighted by atomic mass is 19.1. The normalized spacial score (nSPS) is 11.4. The Labute approximate surface area is 121 Å². The van der Waals surface area contributed by atoms with Gasteiger partial charge in [0.2, 0.25) is 0 Å². The largest absolute Gasteiger partial charge is 0.348 e. The topological polar surface area (TPSA) is 28.2 Å². The lowest BCUT2D eigenvalue weighted by Crippen LogP contribution is -2.43. The molecule has 0 aromatic carbocycles. The van der Waals surface area contributed by atoms with Crippen LogP contribution in [-0.2, 0) is 6.54 Å².